The Hall–Kier alpha value is -4.52. The molecule has 0 bridgehead atoms. The average Bonchev–Trinajstić information content (AvgIpc) is 3.08. The van der Waals surface area contributed by atoms with Crippen molar-refractivity contribution >= 4 is 44.1 Å². The number of hydrogen-bond acceptors (Lipinski definition) is 6. The van der Waals surface area contributed by atoms with E-state index in [0.717, 1.165) is 27.2 Å². The molecule has 3 amide bonds. The number of rotatable bonds is 8. The molecule has 0 aromatic heterocycles. The molecular weight excluding hydrogens is 611 g/mol. The van der Waals surface area contributed by atoms with Crippen LogP contribution in [-0.4, -0.2) is 73.6 Å². The maximum Gasteiger partial charge on any atom is 0.323 e. The number of sulfonamides is 1. The molecule has 1 aliphatic heterocycles. The van der Waals surface area contributed by atoms with Crippen molar-refractivity contribution in [2.45, 2.75) is 37.3 Å². The number of fused-ring (bicyclic) bond motifs is 2. The Bertz CT molecular complexity index is 1830. The minimum atomic E-state index is -3.98. The van der Waals surface area contributed by atoms with Crippen LogP contribution in [0.2, 0.25) is 0 Å². The van der Waals surface area contributed by atoms with Gasteiger partial charge in [-0.1, -0.05) is 43.3 Å². The standard InChI is InChI=1S/C34H37FN4O6S/c1-22-19-39(23(2)21-40)33(41)18-25-17-27(36-34(42)37-30-10-6-8-24-7-4-5-9-29(24)30)13-16-31(25)45-32(22)20-38(3)46(43,44)28-14-11-26(35)12-15-28/h4-17,22-23,32,40H,18-21H2,1-3H3,(H2,36,37,42)/t22-,23-,32-/m1/s1. The Morgan fingerprint density at radius 1 is 1.07 bits per heavy atom. The Morgan fingerprint density at radius 3 is 2.52 bits per heavy atom. The van der Waals surface area contributed by atoms with E-state index in [4.69, 9.17) is 4.74 Å². The van der Waals surface area contributed by atoms with E-state index >= 15 is 0 Å². The predicted molar refractivity (Wildman–Crippen MR) is 175 cm³/mol. The second-order valence-electron chi connectivity index (χ2n) is 11.6. The van der Waals surface area contributed by atoms with Crippen LogP contribution in [-0.2, 0) is 21.2 Å². The normalized spacial score (nSPS) is 17.8. The zero-order chi connectivity index (χ0) is 33.0. The van der Waals surface area contributed by atoms with E-state index in [1.807, 2.05) is 49.4 Å². The summed E-state index contributed by atoms with van der Waals surface area (Å²) in [5.74, 6) is -0.770. The number of hydrogen-bond donors (Lipinski definition) is 3. The molecule has 10 nitrogen and oxygen atoms in total. The predicted octanol–water partition coefficient (Wildman–Crippen LogP) is 5.09. The third kappa shape index (κ3) is 7.30. The molecule has 1 heterocycles. The second-order valence-corrected chi connectivity index (χ2v) is 13.6. The van der Waals surface area contributed by atoms with Gasteiger partial charge in [-0.15, -0.1) is 0 Å². The van der Waals surface area contributed by atoms with Crippen molar-refractivity contribution in [1.29, 1.82) is 0 Å². The lowest BCUT2D eigenvalue weighted by atomic mass is 10.0. The molecule has 4 aromatic rings. The molecule has 0 unspecified atom stereocenters. The zero-order valence-electron chi connectivity index (χ0n) is 25.8. The van der Waals surface area contributed by atoms with E-state index in [2.05, 4.69) is 10.6 Å². The van der Waals surface area contributed by atoms with Gasteiger partial charge in [0.15, 0.2) is 0 Å². The number of urea groups is 1. The molecule has 0 radical (unpaired) electrons. The first-order valence-electron chi connectivity index (χ1n) is 14.9. The van der Waals surface area contributed by atoms with Gasteiger partial charge < -0.3 is 25.4 Å². The SMILES string of the molecule is C[C@@H]1CN([C@H](C)CO)C(=O)Cc2cc(NC(=O)Nc3cccc4ccccc34)ccc2O[C@@H]1CN(C)S(=O)(=O)c1ccc(F)cc1. The molecule has 1 aliphatic rings. The number of aliphatic hydroxyl groups is 1. The van der Waals surface area contributed by atoms with Gasteiger partial charge in [0.2, 0.25) is 15.9 Å². The van der Waals surface area contributed by atoms with Crippen LogP contribution in [0.4, 0.5) is 20.6 Å². The van der Waals surface area contributed by atoms with E-state index in [-0.39, 0.29) is 42.8 Å². The van der Waals surface area contributed by atoms with Gasteiger partial charge in [0, 0.05) is 36.1 Å². The summed E-state index contributed by atoms with van der Waals surface area (Å²) >= 11 is 0. The largest absolute Gasteiger partial charge is 0.488 e. The fraction of sp³-hybridized carbons (Fsp3) is 0.294. The summed E-state index contributed by atoms with van der Waals surface area (Å²) in [5, 5.41) is 17.5. The molecule has 0 spiro atoms. The van der Waals surface area contributed by atoms with Crippen molar-refractivity contribution in [3.63, 3.8) is 0 Å². The molecule has 0 aliphatic carbocycles. The average molecular weight is 649 g/mol. The fourth-order valence-corrected chi connectivity index (χ4v) is 6.67. The van der Waals surface area contributed by atoms with E-state index in [1.165, 1.54) is 19.2 Å². The topological polar surface area (TPSA) is 128 Å². The highest BCUT2D eigenvalue weighted by atomic mass is 32.2. The highest BCUT2D eigenvalue weighted by Crippen LogP contribution is 2.30. The summed E-state index contributed by atoms with van der Waals surface area (Å²) < 4.78 is 47.7. The summed E-state index contributed by atoms with van der Waals surface area (Å²) in [6, 6.07) is 21.9. The minimum Gasteiger partial charge on any atom is -0.488 e. The van der Waals surface area contributed by atoms with Crippen molar-refractivity contribution in [2.75, 3.05) is 37.4 Å². The van der Waals surface area contributed by atoms with Gasteiger partial charge in [0.25, 0.3) is 0 Å². The Morgan fingerprint density at radius 2 is 1.78 bits per heavy atom. The lowest BCUT2D eigenvalue weighted by molar-refractivity contribution is -0.134. The first-order chi connectivity index (χ1) is 22.0. The molecule has 3 N–H and O–H groups in total. The number of amides is 3. The Kier molecular flexibility index (Phi) is 9.90. The van der Waals surface area contributed by atoms with Gasteiger partial charge in [-0.05, 0) is 60.8 Å². The van der Waals surface area contributed by atoms with Crippen molar-refractivity contribution in [1.82, 2.24) is 9.21 Å². The third-order valence-corrected chi connectivity index (χ3v) is 10.0. The summed E-state index contributed by atoms with van der Waals surface area (Å²) in [6.45, 7) is 3.48. The number of benzene rings is 4. The molecule has 5 rings (SSSR count). The first-order valence-corrected chi connectivity index (χ1v) is 16.4. The van der Waals surface area contributed by atoms with E-state index in [1.54, 1.807) is 30.0 Å². The number of ether oxygens (including phenoxy) is 1. The number of halogens is 1. The van der Waals surface area contributed by atoms with E-state index < -0.39 is 34.0 Å². The van der Waals surface area contributed by atoms with Crippen molar-refractivity contribution in [3.05, 3.63) is 96.3 Å². The van der Waals surface area contributed by atoms with Crippen molar-refractivity contribution in [3.8, 4) is 5.75 Å². The molecule has 3 atom stereocenters. The number of likely N-dealkylation sites (N-methyl/N-ethyl adjacent to an activating group) is 1. The minimum absolute atomic E-state index is 0.0595. The Balaban J connectivity index is 1.41. The quantitative estimate of drug-likeness (QED) is 0.244. The first kappa shape index (κ1) is 32.9. The number of nitrogens with zero attached hydrogens (tertiary/aromatic N) is 2. The molecule has 0 saturated heterocycles. The van der Waals surface area contributed by atoms with Crippen LogP contribution in [0.25, 0.3) is 10.8 Å². The maximum atomic E-state index is 13.6. The number of carbonyl (C=O) groups excluding carboxylic acids is 2. The van der Waals surface area contributed by atoms with Gasteiger partial charge >= 0.3 is 6.03 Å². The maximum absolute atomic E-state index is 13.6. The van der Waals surface area contributed by atoms with Crippen LogP contribution in [0.3, 0.4) is 0 Å². The molecule has 4 aromatic carbocycles. The molecule has 0 fully saturated rings. The molecule has 242 valence electrons. The number of nitrogens with one attached hydrogen (secondary N) is 2. The highest BCUT2D eigenvalue weighted by Gasteiger charge is 2.33. The van der Waals surface area contributed by atoms with Crippen LogP contribution in [0.1, 0.15) is 19.4 Å². The Labute approximate surface area is 267 Å². The van der Waals surface area contributed by atoms with Crippen LogP contribution in [0.15, 0.2) is 89.8 Å². The molecule has 12 heteroatoms. The highest BCUT2D eigenvalue weighted by molar-refractivity contribution is 7.89. The van der Waals surface area contributed by atoms with Gasteiger partial charge in [-0.25, -0.2) is 17.6 Å². The van der Waals surface area contributed by atoms with Crippen LogP contribution in [0.5, 0.6) is 5.75 Å². The smallest absolute Gasteiger partial charge is 0.323 e. The monoisotopic (exact) mass is 648 g/mol. The molecule has 0 saturated carbocycles. The number of aliphatic hydroxyl groups excluding tert-OH is 1. The van der Waals surface area contributed by atoms with E-state index in [9.17, 15) is 27.5 Å². The lowest BCUT2D eigenvalue weighted by Gasteiger charge is -2.33. The number of carbonyl (C=O) groups is 2. The van der Waals surface area contributed by atoms with Crippen molar-refractivity contribution in [2.24, 2.45) is 5.92 Å². The second kappa shape index (κ2) is 13.9. The van der Waals surface area contributed by atoms with Crippen LogP contribution < -0.4 is 15.4 Å². The summed E-state index contributed by atoms with van der Waals surface area (Å²) in [7, 11) is -2.56. The molecule has 46 heavy (non-hydrogen) atoms. The summed E-state index contributed by atoms with van der Waals surface area (Å²) in [4.78, 5) is 28.1. The van der Waals surface area contributed by atoms with Gasteiger partial charge in [-0.2, -0.15) is 4.31 Å². The van der Waals surface area contributed by atoms with Gasteiger partial charge in [0.1, 0.15) is 17.7 Å². The summed E-state index contributed by atoms with van der Waals surface area (Å²) in [6.07, 6.45) is -0.768. The third-order valence-electron chi connectivity index (χ3n) is 8.17. The van der Waals surface area contributed by atoms with Crippen molar-refractivity contribution < 1.29 is 32.2 Å². The summed E-state index contributed by atoms with van der Waals surface area (Å²) in [5.41, 5.74) is 1.56. The lowest BCUT2D eigenvalue weighted by Crippen LogP contribution is -2.48. The fourth-order valence-electron chi connectivity index (χ4n) is 5.48. The van der Waals surface area contributed by atoms with E-state index in [0.29, 0.717) is 22.7 Å². The van der Waals surface area contributed by atoms with Gasteiger partial charge in [0.05, 0.1) is 36.2 Å². The van der Waals surface area contributed by atoms with Crippen LogP contribution in [0, 0.1) is 11.7 Å². The van der Waals surface area contributed by atoms with Gasteiger partial charge in [-0.3, -0.25) is 4.79 Å². The molecular formula is C34H37FN4O6S. The zero-order valence-corrected chi connectivity index (χ0v) is 26.6. The number of anilines is 2. The van der Waals surface area contributed by atoms with Crippen LogP contribution >= 0.6 is 0 Å².